The lowest BCUT2D eigenvalue weighted by atomic mass is 9.93. The van der Waals surface area contributed by atoms with Crippen LogP contribution < -0.4 is 22.1 Å². The zero-order valence-corrected chi connectivity index (χ0v) is 48.1. The van der Waals surface area contributed by atoms with Crippen molar-refractivity contribution in [2.45, 2.75) is 199 Å². The van der Waals surface area contributed by atoms with Crippen molar-refractivity contribution in [2.75, 3.05) is 45.8 Å². The molecule has 4 aliphatic heterocycles. The van der Waals surface area contributed by atoms with Gasteiger partial charge in [-0.2, -0.15) is 4.98 Å². The van der Waals surface area contributed by atoms with Crippen LogP contribution in [-0.2, 0) is 41.8 Å². The molecule has 6 aliphatic rings. The highest BCUT2D eigenvalue weighted by Crippen LogP contribution is 2.68. The van der Waals surface area contributed by atoms with Crippen LogP contribution in [0.25, 0.3) is 20.9 Å². The van der Waals surface area contributed by atoms with E-state index in [-0.39, 0.29) is 93.2 Å². The fourth-order valence-electron chi connectivity index (χ4n) is 10.2. The molecular weight excluding hydrogens is 1040 g/mol. The summed E-state index contributed by atoms with van der Waals surface area (Å²) >= 11 is 0. The number of aromatic nitrogens is 6. The number of nitrogens with zero attached hydrogens (tertiary/aromatic N) is 8. The number of nitrogens with one attached hydrogen (secondary N) is 3. The predicted molar refractivity (Wildman–Crippen MR) is 287 cm³/mol. The lowest BCUT2D eigenvalue weighted by molar-refractivity contribution is -0.218. The van der Waals surface area contributed by atoms with E-state index in [1.807, 2.05) is 0 Å². The summed E-state index contributed by atoms with van der Waals surface area (Å²) in [6.07, 6.45) is 1.74. The summed E-state index contributed by atoms with van der Waals surface area (Å²) < 4.78 is 87.7. The third-order valence-corrected chi connectivity index (χ3v) is 18.2. The molecule has 2 unspecified atom stereocenters. The van der Waals surface area contributed by atoms with Gasteiger partial charge in [-0.05, 0) is 102 Å². The molecule has 2 saturated carbocycles. The van der Waals surface area contributed by atoms with Crippen molar-refractivity contribution >= 4 is 40.1 Å². The molecule has 2 spiro atoms. The molecule has 2 aliphatic carbocycles. The van der Waals surface area contributed by atoms with Crippen LogP contribution in [0.3, 0.4) is 0 Å². The van der Waals surface area contributed by atoms with Gasteiger partial charge in [-0.3, -0.25) is 38.8 Å². The Morgan fingerprint density at radius 1 is 0.818 bits per heavy atom. The molecule has 1 amide bonds. The number of aliphatic hydroxyl groups excluding tert-OH is 2. The van der Waals surface area contributed by atoms with Gasteiger partial charge in [0.05, 0.1) is 6.33 Å². The van der Waals surface area contributed by atoms with Crippen molar-refractivity contribution in [3.63, 3.8) is 0 Å². The second-order valence-electron chi connectivity index (χ2n) is 20.9. The second kappa shape index (κ2) is 25.1. The minimum Gasteiger partial charge on any atom is -0.400 e. The van der Waals surface area contributed by atoms with Gasteiger partial charge in [-0.25, -0.2) is 32.3 Å². The molecule has 10 atom stereocenters. The number of carbonyl (C=O) groups is 1. The molecule has 5 N–H and O–H groups in total. The molecular formula is C50H79N11O14P2. The summed E-state index contributed by atoms with van der Waals surface area (Å²) in [4.78, 5) is 70.1. The van der Waals surface area contributed by atoms with Gasteiger partial charge in [-0.15, -0.1) is 0 Å². The average molecular weight is 1130 g/mol. The molecule has 25 nitrogen and oxygen atoms in total. The molecule has 6 fully saturated rings. The average Bonchev–Trinajstić information content (AvgIpc) is 3.78. The van der Waals surface area contributed by atoms with Gasteiger partial charge in [0.2, 0.25) is 27.8 Å². The van der Waals surface area contributed by atoms with Crippen LogP contribution in [0.5, 0.6) is 0 Å². The Kier molecular flexibility index (Phi) is 18.3. The normalized spacial score (nSPS) is 28.1. The van der Waals surface area contributed by atoms with Gasteiger partial charge in [0.15, 0.2) is 23.6 Å². The molecule has 428 valence electrons. The highest BCUT2D eigenvalue weighted by Gasteiger charge is 2.79. The van der Waals surface area contributed by atoms with E-state index in [2.05, 4.69) is 110 Å². The van der Waals surface area contributed by atoms with Crippen molar-refractivity contribution in [1.82, 2.24) is 38.4 Å². The topological polar surface area (TPSA) is 277 Å². The molecule has 0 aromatic carbocycles. The molecule has 0 radical (unpaired) electrons. The second-order valence-corrected chi connectivity index (χ2v) is 23.7. The highest BCUT2D eigenvalue weighted by molar-refractivity contribution is 7.44. The molecule has 7 heterocycles. The van der Waals surface area contributed by atoms with Gasteiger partial charge in [0, 0.05) is 58.8 Å². The molecule has 3 aromatic heterocycles. The summed E-state index contributed by atoms with van der Waals surface area (Å²) in [5.41, 5.74) is -4.23. The van der Waals surface area contributed by atoms with Gasteiger partial charge in [-0.1, -0.05) is 13.8 Å². The summed E-state index contributed by atoms with van der Waals surface area (Å²) in [7, 11) is -0.636. The SMILES string of the molecule is [2H]C[C@]12O[C@@H](n3cc(C)c(=O)[nH]c3=O)[C@H](OC13CC3)[C@@H]2OP(OCC[N+]#[C-])N(C(C)C)C(C)C.[2H]C[C@]12O[C@@H](n3cnc4c(=O)[nH]c(NC(=O)C(C)C)nc43)[C@H](OC13CC3)[C@@H]2OP(OCC[N+]#[C-])N(C(C)C)C(C)C.[3H]OC.[3H]OC. The number of hydrogen-bond acceptors (Lipinski definition) is 18. The Labute approximate surface area is 458 Å². The van der Waals surface area contributed by atoms with E-state index in [4.69, 9.17) is 55.8 Å². The third kappa shape index (κ3) is 12.0. The van der Waals surface area contributed by atoms with Crippen LogP contribution in [0, 0.1) is 26.0 Å². The number of ether oxygens (including phenoxy) is 4. The van der Waals surface area contributed by atoms with Crippen molar-refractivity contribution in [2.24, 2.45) is 5.92 Å². The van der Waals surface area contributed by atoms with Crippen molar-refractivity contribution in [1.29, 1.82) is 2.86 Å². The van der Waals surface area contributed by atoms with Gasteiger partial charge >= 0.3 is 5.69 Å². The van der Waals surface area contributed by atoms with Gasteiger partial charge in [0.25, 0.3) is 28.2 Å². The number of anilines is 1. The molecule has 77 heavy (non-hydrogen) atoms. The predicted octanol–water partition coefficient (Wildman–Crippen LogP) is 5.55. The minimum absolute atomic E-state index is 0.00919. The summed E-state index contributed by atoms with van der Waals surface area (Å²) in [6.45, 7) is 36.5. The third-order valence-electron chi connectivity index (χ3n) is 14.0. The molecule has 4 bridgehead atoms. The summed E-state index contributed by atoms with van der Waals surface area (Å²) in [5, 5.41) is 9.64. The van der Waals surface area contributed by atoms with E-state index in [1.54, 1.807) is 25.3 Å². The summed E-state index contributed by atoms with van der Waals surface area (Å²) in [6, 6.07) is 0.422. The largest absolute Gasteiger partial charge is 0.400 e. The first-order valence-electron chi connectivity index (χ1n) is 28.0. The Balaban J connectivity index is 0.000000241. The monoisotopic (exact) mass is 1130 g/mol. The molecule has 27 heteroatoms. The lowest BCUT2D eigenvalue weighted by Crippen LogP contribution is -2.48. The molecule has 3 aromatic rings. The number of fused-ring (bicyclic) bond motifs is 7. The number of H-pyrrole nitrogens is 2. The number of aliphatic hydroxyl groups is 2. The quantitative estimate of drug-likeness (QED) is 0.0527. The first kappa shape index (κ1) is 56.1. The van der Waals surface area contributed by atoms with Crippen molar-refractivity contribution < 1.29 is 54.8 Å². The Bertz CT molecular complexity index is 2860. The zero-order valence-electron chi connectivity index (χ0n) is 50.3. The fraction of sp³-hybridized carbons (Fsp3) is 0.760. The minimum atomic E-state index is -1.62. The standard InChI is InChI=1S/C26H38N7O6P.C22H33N4O6P.2CH4O/c1-14(2)21(34)30-24-29-20-17(22(35)31-24)28-13-32(20)23-18-19(25(7,38-23)26(37-18)9-10-26)39-40(36-12-11-27-8)33(15(3)4)16(5)6;1-13(2)26(14(3)4)33(29-11-10-23-7)32-17-16-19(25-12-15(5)18(27)24-20(25)28)31-21(17,6)22(30-16)8-9-22;2*1-2/h13-16,18-19,23H,9-12H2,1-7H3,(H2,29,30,31,34,35);12-14,16-17,19H,8-11H2,1-6H3,(H,24,27,28);2*2H,1H3/t18-,19+,23-,25-,40?;16-,17+,19-,21-,33?;;/m11../s1/i7D;6D;2*2T. The Morgan fingerprint density at radius 3 is 1.68 bits per heavy atom. The van der Waals surface area contributed by atoms with Crippen LogP contribution in [0.1, 0.15) is 129 Å². The molecule has 9 rings (SSSR count). The van der Waals surface area contributed by atoms with E-state index >= 15 is 0 Å². The maximum atomic E-state index is 12.8. The van der Waals surface area contributed by atoms with Crippen molar-refractivity contribution in [3.05, 3.63) is 72.1 Å². The van der Waals surface area contributed by atoms with Crippen LogP contribution in [0.4, 0.5) is 5.95 Å². The maximum absolute atomic E-state index is 12.8. The van der Waals surface area contributed by atoms with Crippen LogP contribution in [0.2, 0.25) is 0 Å². The number of rotatable bonds is 20. The van der Waals surface area contributed by atoms with Crippen molar-refractivity contribution in [3.8, 4) is 0 Å². The Morgan fingerprint density at radius 2 is 1.27 bits per heavy atom. The van der Waals surface area contributed by atoms with Gasteiger partial charge < -0.3 is 57.0 Å². The first-order valence-corrected chi connectivity index (χ1v) is 28.0. The smallest absolute Gasteiger partial charge is 0.330 e. The number of aryl methyl sites for hydroxylation is 1. The lowest BCUT2D eigenvalue weighted by Gasteiger charge is -2.39. The zero-order chi connectivity index (χ0) is 59.9. The number of aromatic amines is 2. The number of carbonyl (C=O) groups excluding carboxylic acids is 1. The van der Waals surface area contributed by atoms with E-state index in [0.29, 0.717) is 5.56 Å². The van der Waals surface area contributed by atoms with Crippen LogP contribution >= 0.6 is 17.1 Å². The number of amides is 1. The maximum Gasteiger partial charge on any atom is 0.330 e. The highest BCUT2D eigenvalue weighted by atomic mass is 31.2. The van der Waals surface area contributed by atoms with E-state index < -0.39 is 93.1 Å². The van der Waals surface area contributed by atoms with Crippen LogP contribution in [-0.4, -0.2) is 169 Å². The van der Waals surface area contributed by atoms with E-state index in [1.165, 1.54) is 31.3 Å². The van der Waals surface area contributed by atoms with E-state index in [9.17, 15) is 19.2 Å². The first-order chi connectivity index (χ1) is 38.4. The fourth-order valence-corrected chi connectivity index (χ4v) is 13.8. The molecule has 4 saturated heterocycles. The number of imidazole rings is 1. The van der Waals surface area contributed by atoms with Gasteiger partial charge in [0.1, 0.15) is 60.0 Å². The summed E-state index contributed by atoms with van der Waals surface area (Å²) in [5.74, 6) is -0.590. The Hall–Kier alpha value is -4.14. The number of hydrogen-bond donors (Lipinski definition) is 5. The van der Waals surface area contributed by atoms with E-state index in [0.717, 1.165) is 25.7 Å². The van der Waals surface area contributed by atoms with Crippen LogP contribution in [0.15, 0.2) is 26.9 Å².